The molecule has 4 nitrogen and oxygen atoms in total. The molecular weight excluding hydrogens is 357 g/mol. The number of carbonyl (C=O) groups is 1. The van der Waals surface area contributed by atoms with Crippen LogP contribution < -0.4 is 4.74 Å². The van der Waals surface area contributed by atoms with Gasteiger partial charge in [0.1, 0.15) is 18.2 Å². The summed E-state index contributed by atoms with van der Waals surface area (Å²) in [4.78, 5) is 10.9. The third kappa shape index (κ3) is 4.83. The van der Waals surface area contributed by atoms with Crippen molar-refractivity contribution in [3.05, 3.63) is 101 Å². The van der Waals surface area contributed by atoms with Gasteiger partial charge in [-0.1, -0.05) is 36.4 Å². The summed E-state index contributed by atoms with van der Waals surface area (Å²) in [5.74, 6) is -0.685. The Labute approximate surface area is 161 Å². The zero-order chi connectivity index (χ0) is 19.9. The first-order chi connectivity index (χ1) is 13.5. The fraction of sp³-hybridized carbons (Fsp3) is 0.0435. The Hall–Kier alpha value is -3.91. The zero-order valence-electron chi connectivity index (χ0n) is 14.8. The van der Waals surface area contributed by atoms with Gasteiger partial charge >= 0.3 is 5.97 Å². The Morgan fingerprint density at radius 1 is 1.04 bits per heavy atom. The van der Waals surface area contributed by atoms with Gasteiger partial charge in [0, 0.05) is 0 Å². The summed E-state index contributed by atoms with van der Waals surface area (Å²) in [5, 5.41) is 18.4. The largest absolute Gasteiger partial charge is 0.489 e. The zero-order valence-corrected chi connectivity index (χ0v) is 14.8. The van der Waals surface area contributed by atoms with Crippen molar-refractivity contribution in [3.63, 3.8) is 0 Å². The van der Waals surface area contributed by atoms with Crippen LogP contribution in [0.5, 0.6) is 5.75 Å². The fourth-order valence-corrected chi connectivity index (χ4v) is 2.59. The van der Waals surface area contributed by atoms with Gasteiger partial charge < -0.3 is 9.84 Å². The second-order valence-corrected chi connectivity index (χ2v) is 6.04. The third-order valence-electron chi connectivity index (χ3n) is 4.05. The lowest BCUT2D eigenvalue weighted by Crippen LogP contribution is -1.96. The maximum absolute atomic E-state index is 13.2. The summed E-state index contributed by atoms with van der Waals surface area (Å²) in [6.45, 7) is 0.256. The van der Waals surface area contributed by atoms with E-state index in [4.69, 9.17) is 9.84 Å². The lowest BCUT2D eigenvalue weighted by Gasteiger charge is -2.07. The molecule has 0 aliphatic carbocycles. The summed E-state index contributed by atoms with van der Waals surface area (Å²) < 4.78 is 18.8. The van der Waals surface area contributed by atoms with Crippen LogP contribution in [0.15, 0.2) is 72.8 Å². The Kier molecular flexibility index (Phi) is 5.83. The van der Waals surface area contributed by atoms with Crippen LogP contribution in [0.4, 0.5) is 4.39 Å². The van der Waals surface area contributed by atoms with Crippen molar-refractivity contribution in [1.29, 1.82) is 5.26 Å². The van der Waals surface area contributed by atoms with Crippen LogP contribution in [0.3, 0.4) is 0 Å². The molecule has 0 heterocycles. The standard InChI is InChI=1S/C23H16FNO3/c24-21-3-1-2-17(13-21)15-28-22-10-4-16(5-11-22)12-20(14-25)18-6-8-19(9-7-18)23(26)27/h1-13H,15H2,(H,26,27). The van der Waals surface area contributed by atoms with Crippen molar-refractivity contribution in [2.24, 2.45) is 0 Å². The summed E-state index contributed by atoms with van der Waals surface area (Å²) >= 11 is 0. The van der Waals surface area contributed by atoms with Crippen LogP contribution in [0.1, 0.15) is 27.0 Å². The molecule has 1 N–H and O–H groups in total. The van der Waals surface area contributed by atoms with Crippen LogP contribution >= 0.6 is 0 Å². The number of hydrogen-bond donors (Lipinski definition) is 1. The summed E-state index contributed by atoms with van der Waals surface area (Å²) in [7, 11) is 0. The Bertz CT molecular complexity index is 1050. The molecule has 0 amide bonds. The molecule has 0 spiro atoms. The number of benzene rings is 3. The highest BCUT2D eigenvalue weighted by atomic mass is 19.1. The van der Waals surface area contributed by atoms with Gasteiger partial charge in [-0.3, -0.25) is 0 Å². The first-order valence-electron chi connectivity index (χ1n) is 8.48. The third-order valence-corrected chi connectivity index (χ3v) is 4.05. The lowest BCUT2D eigenvalue weighted by atomic mass is 10.0. The molecule has 0 radical (unpaired) electrons. The van der Waals surface area contributed by atoms with Gasteiger partial charge in [0.05, 0.1) is 17.2 Å². The molecule has 0 saturated carbocycles. The van der Waals surface area contributed by atoms with Gasteiger partial charge in [-0.05, 0) is 59.2 Å². The van der Waals surface area contributed by atoms with E-state index in [0.717, 1.165) is 11.1 Å². The van der Waals surface area contributed by atoms with Crippen molar-refractivity contribution in [3.8, 4) is 11.8 Å². The molecule has 0 saturated heterocycles. The van der Waals surface area contributed by atoms with Crippen molar-refractivity contribution in [2.75, 3.05) is 0 Å². The van der Waals surface area contributed by atoms with Crippen molar-refractivity contribution < 1.29 is 19.0 Å². The van der Waals surface area contributed by atoms with Gasteiger partial charge in [0.15, 0.2) is 0 Å². The average Bonchev–Trinajstić information content (AvgIpc) is 2.71. The van der Waals surface area contributed by atoms with E-state index in [1.807, 2.05) is 12.1 Å². The van der Waals surface area contributed by atoms with Crippen LogP contribution in [-0.4, -0.2) is 11.1 Å². The fourth-order valence-electron chi connectivity index (χ4n) is 2.59. The number of halogens is 1. The van der Waals surface area contributed by atoms with E-state index in [9.17, 15) is 14.4 Å². The first-order valence-corrected chi connectivity index (χ1v) is 8.48. The maximum atomic E-state index is 13.2. The van der Waals surface area contributed by atoms with Crippen LogP contribution in [0, 0.1) is 17.1 Å². The average molecular weight is 373 g/mol. The highest BCUT2D eigenvalue weighted by Crippen LogP contribution is 2.21. The molecule has 28 heavy (non-hydrogen) atoms. The number of allylic oxidation sites excluding steroid dienone is 1. The Morgan fingerprint density at radius 2 is 1.71 bits per heavy atom. The monoisotopic (exact) mass is 373 g/mol. The molecule has 0 atom stereocenters. The minimum atomic E-state index is -1.01. The summed E-state index contributed by atoms with van der Waals surface area (Å²) in [6, 6.07) is 21.7. The number of rotatable bonds is 6. The van der Waals surface area contributed by atoms with Crippen molar-refractivity contribution in [2.45, 2.75) is 6.61 Å². The molecule has 3 aromatic rings. The lowest BCUT2D eigenvalue weighted by molar-refractivity contribution is 0.0697. The Morgan fingerprint density at radius 3 is 2.32 bits per heavy atom. The molecule has 138 valence electrons. The molecule has 3 rings (SSSR count). The maximum Gasteiger partial charge on any atom is 0.335 e. The number of carboxylic acids is 1. The van der Waals surface area contributed by atoms with Gasteiger partial charge in [-0.15, -0.1) is 0 Å². The molecular formula is C23H16FNO3. The molecule has 0 aliphatic rings. The van der Waals surface area contributed by atoms with E-state index in [0.29, 0.717) is 16.9 Å². The van der Waals surface area contributed by atoms with E-state index >= 15 is 0 Å². The second kappa shape index (κ2) is 8.65. The van der Waals surface area contributed by atoms with Crippen LogP contribution in [0.25, 0.3) is 11.6 Å². The normalized spacial score (nSPS) is 10.9. The minimum absolute atomic E-state index is 0.167. The van der Waals surface area contributed by atoms with Crippen LogP contribution in [0.2, 0.25) is 0 Å². The predicted octanol–water partition coefficient (Wildman–Crippen LogP) is 5.17. The minimum Gasteiger partial charge on any atom is -0.489 e. The van der Waals surface area contributed by atoms with Gasteiger partial charge in [-0.25, -0.2) is 9.18 Å². The highest BCUT2D eigenvalue weighted by Gasteiger charge is 2.05. The number of nitrogens with zero attached hydrogens (tertiary/aromatic N) is 1. The molecule has 0 fully saturated rings. The number of hydrogen-bond acceptors (Lipinski definition) is 3. The topological polar surface area (TPSA) is 70.3 Å². The van der Waals surface area contributed by atoms with Crippen LogP contribution in [-0.2, 0) is 6.61 Å². The number of nitriles is 1. The van der Waals surface area contributed by atoms with Gasteiger partial charge in [0.25, 0.3) is 0 Å². The second-order valence-electron chi connectivity index (χ2n) is 6.04. The Balaban J connectivity index is 1.71. The molecule has 3 aromatic carbocycles. The summed E-state index contributed by atoms with van der Waals surface area (Å²) in [5.41, 5.74) is 2.77. The number of carboxylic acid groups (broad SMARTS) is 1. The number of aromatic carboxylic acids is 1. The molecule has 0 aromatic heterocycles. The SMILES string of the molecule is N#CC(=Cc1ccc(OCc2cccc(F)c2)cc1)c1ccc(C(=O)O)cc1. The summed E-state index contributed by atoms with van der Waals surface area (Å²) in [6.07, 6.45) is 1.71. The van der Waals surface area contributed by atoms with E-state index in [2.05, 4.69) is 6.07 Å². The smallest absolute Gasteiger partial charge is 0.335 e. The van der Waals surface area contributed by atoms with Gasteiger partial charge in [0.2, 0.25) is 0 Å². The molecule has 0 aliphatic heterocycles. The van der Waals surface area contributed by atoms with Gasteiger partial charge in [-0.2, -0.15) is 5.26 Å². The molecule has 0 unspecified atom stereocenters. The van der Waals surface area contributed by atoms with E-state index in [1.54, 1.807) is 42.5 Å². The number of ether oxygens (including phenoxy) is 1. The van der Waals surface area contributed by atoms with E-state index < -0.39 is 5.97 Å². The molecule has 0 bridgehead atoms. The van der Waals surface area contributed by atoms with Crippen molar-refractivity contribution in [1.82, 2.24) is 0 Å². The van der Waals surface area contributed by atoms with E-state index in [-0.39, 0.29) is 18.0 Å². The predicted molar refractivity (Wildman–Crippen MR) is 104 cm³/mol. The van der Waals surface area contributed by atoms with E-state index in [1.165, 1.54) is 24.3 Å². The highest BCUT2D eigenvalue weighted by molar-refractivity contribution is 5.92. The quantitative estimate of drug-likeness (QED) is 0.478. The molecule has 5 heteroatoms. The van der Waals surface area contributed by atoms with Crippen molar-refractivity contribution >= 4 is 17.6 Å². The first kappa shape index (κ1) is 18.9.